The Hall–Kier alpha value is -2.85. The monoisotopic (exact) mass is 385 g/mol. The Balaban J connectivity index is 1.19. The fourth-order valence-electron chi connectivity index (χ4n) is 4.73. The van der Waals surface area contributed by atoms with Gasteiger partial charge in [0.15, 0.2) is 0 Å². The van der Waals surface area contributed by atoms with Crippen molar-refractivity contribution in [2.45, 2.75) is 31.8 Å². The summed E-state index contributed by atoms with van der Waals surface area (Å²) < 4.78 is 2.05. The van der Waals surface area contributed by atoms with Crippen LogP contribution in [0.4, 0.5) is 0 Å². The summed E-state index contributed by atoms with van der Waals surface area (Å²) in [6.07, 6.45) is 7.30. The molecule has 0 spiro atoms. The molecular weight excluding hydrogens is 358 g/mol. The Bertz CT molecular complexity index is 970. The molecule has 0 aliphatic carbocycles. The maximum absolute atomic E-state index is 12.9. The molecule has 0 N–H and O–H groups in total. The van der Waals surface area contributed by atoms with E-state index >= 15 is 0 Å². The molecule has 0 unspecified atom stereocenters. The number of benzene rings is 2. The average Bonchev–Trinajstić information content (AvgIpc) is 3.33. The van der Waals surface area contributed by atoms with Gasteiger partial charge in [0, 0.05) is 55.9 Å². The predicted molar refractivity (Wildman–Crippen MR) is 115 cm³/mol. The van der Waals surface area contributed by atoms with Crippen molar-refractivity contribution in [3.05, 3.63) is 89.7 Å². The quantitative estimate of drug-likeness (QED) is 0.678. The van der Waals surface area contributed by atoms with Crippen LogP contribution in [-0.2, 0) is 13.0 Å². The van der Waals surface area contributed by atoms with Crippen LogP contribution in [0.15, 0.2) is 73.1 Å². The first-order valence-electron chi connectivity index (χ1n) is 10.6. The Morgan fingerprint density at radius 3 is 2.21 bits per heavy atom. The standard InChI is InChI=1S/C25H27N3O/c29-25(21-7-9-23(10-8-21)26-14-3-4-15-26)27-17-12-24(13-18-27)28-16-11-20-5-1-2-6-22(20)19-28/h1-10,14-15,24H,11-13,16-19H2. The number of rotatable bonds is 3. The molecule has 0 atom stereocenters. The Kier molecular flexibility index (Phi) is 4.94. The molecule has 0 bridgehead atoms. The number of amides is 1. The van der Waals surface area contributed by atoms with E-state index in [-0.39, 0.29) is 5.91 Å². The molecule has 2 aliphatic heterocycles. The molecular formula is C25H27N3O. The molecule has 1 aromatic heterocycles. The van der Waals surface area contributed by atoms with Gasteiger partial charge >= 0.3 is 0 Å². The summed E-state index contributed by atoms with van der Waals surface area (Å²) in [5, 5.41) is 0. The topological polar surface area (TPSA) is 28.5 Å². The van der Waals surface area contributed by atoms with Crippen molar-refractivity contribution in [3.8, 4) is 5.69 Å². The van der Waals surface area contributed by atoms with E-state index in [9.17, 15) is 4.79 Å². The summed E-state index contributed by atoms with van der Waals surface area (Å²) in [5.41, 5.74) is 4.83. The molecule has 4 heteroatoms. The van der Waals surface area contributed by atoms with Crippen LogP contribution in [0.5, 0.6) is 0 Å². The molecule has 3 aromatic rings. The minimum absolute atomic E-state index is 0.159. The minimum Gasteiger partial charge on any atom is -0.339 e. The number of likely N-dealkylation sites (tertiary alicyclic amines) is 1. The van der Waals surface area contributed by atoms with E-state index in [1.165, 1.54) is 11.1 Å². The van der Waals surface area contributed by atoms with Gasteiger partial charge in [-0.2, -0.15) is 0 Å². The first-order valence-corrected chi connectivity index (χ1v) is 10.6. The van der Waals surface area contributed by atoms with Gasteiger partial charge in [0.1, 0.15) is 0 Å². The number of hydrogen-bond acceptors (Lipinski definition) is 2. The molecule has 148 valence electrons. The molecule has 3 heterocycles. The largest absolute Gasteiger partial charge is 0.339 e. The number of carbonyl (C=O) groups excluding carboxylic acids is 1. The molecule has 2 aliphatic rings. The third kappa shape index (κ3) is 3.73. The maximum atomic E-state index is 12.9. The molecule has 5 rings (SSSR count). The van der Waals surface area contributed by atoms with Gasteiger partial charge in [-0.15, -0.1) is 0 Å². The van der Waals surface area contributed by atoms with E-state index < -0.39 is 0 Å². The van der Waals surface area contributed by atoms with Gasteiger partial charge < -0.3 is 9.47 Å². The lowest BCUT2D eigenvalue weighted by Gasteiger charge is -2.40. The fraction of sp³-hybridized carbons (Fsp3) is 0.320. The summed E-state index contributed by atoms with van der Waals surface area (Å²) in [7, 11) is 0. The van der Waals surface area contributed by atoms with Crippen molar-refractivity contribution in [1.82, 2.24) is 14.4 Å². The first kappa shape index (κ1) is 18.2. The van der Waals surface area contributed by atoms with E-state index in [1.807, 2.05) is 53.7 Å². The van der Waals surface area contributed by atoms with Crippen LogP contribution in [-0.4, -0.2) is 46.0 Å². The van der Waals surface area contributed by atoms with Gasteiger partial charge in [-0.1, -0.05) is 24.3 Å². The molecule has 1 amide bonds. The van der Waals surface area contributed by atoms with Crippen LogP contribution in [0.3, 0.4) is 0 Å². The van der Waals surface area contributed by atoms with Crippen LogP contribution in [0, 0.1) is 0 Å². The van der Waals surface area contributed by atoms with E-state index in [1.54, 1.807) is 0 Å². The summed E-state index contributed by atoms with van der Waals surface area (Å²) in [6, 6.07) is 21.3. The molecule has 4 nitrogen and oxygen atoms in total. The van der Waals surface area contributed by atoms with Crippen molar-refractivity contribution >= 4 is 5.91 Å². The van der Waals surface area contributed by atoms with Gasteiger partial charge in [-0.25, -0.2) is 0 Å². The van der Waals surface area contributed by atoms with Crippen LogP contribution in [0.25, 0.3) is 5.69 Å². The van der Waals surface area contributed by atoms with Gasteiger partial charge in [0.2, 0.25) is 0 Å². The lowest BCUT2D eigenvalue weighted by Crippen LogP contribution is -2.48. The number of aromatic nitrogens is 1. The molecule has 1 fully saturated rings. The van der Waals surface area contributed by atoms with Gasteiger partial charge in [-0.3, -0.25) is 9.69 Å². The van der Waals surface area contributed by atoms with Gasteiger partial charge in [0.05, 0.1) is 0 Å². The van der Waals surface area contributed by atoms with Crippen LogP contribution >= 0.6 is 0 Å². The number of carbonyl (C=O) groups is 1. The highest BCUT2D eigenvalue weighted by Crippen LogP contribution is 2.25. The SMILES string of the molecule is O=C(c1ccc(-n2cccc2)cc1)N1CCC(N2CCc3ccccc3C2)CC1. The zero-order valence-electron chi connectivity index (χ0n) is 16.7. The van der Waals surface area contributed by atoms with E-state index in [0.29, 0.717) is 6.04 Å². The normalized spacial score (nSPS) is 17.9. The predicted octanol–water partition coefficient (Wildman–Crippen LogP) is 4.14. The maximum Gasteiger partial charge on any atom is 0.253 e. The van der Waals surface area contributed by atoms with Gasteiger partial charge in [-0.05, 0) is 66.8 Å². The van der Waals surface area contributed by atoms with Crippen LogP contribution in [0.1, 0.15) is 34.3 Å². The average molecular weight is 386 g/mol. The molecule has 2 aromatic carbocycles. The van der Waals surface area contributed by atoms with E-state index in [4.69, 9.17) is 0 Å². The Morgan fingerprint density at radius 1 is 0.793 bits per heavy atom. The highest BCUT2D eigenvalue weighted by molar-refractivity contribution is 5.94. The number of hydrogen-bond donors (Lipinski definition) is 0. The third-order valence-electron chi connectivity index (χ3n) is 6.45. The van der Waals surface area contributed by atoms with Crippen molar-refractivity contribution in [2.75, 3.05) is 19.6 Å². The lowest BCUT2D eigenvalue weighted by atomic mass is 9.95. The minimum atomic E-state index is 0.159. The second kappa shape index (κ2) is 7.88. The number of fused-ring (bicyclic) bond motifs is 1. The summed E-state index contributed by atoms with van der Waals surface area (Å²) >= 11 is 0. The van der Waals surface area contributed by atoms with Crippen LogP contribution < -0.4 is 0 Å². The third-order valence-corrected chi connectivity index (χ3v) is 6.45. The Labute approximate surface area is 172 Å². The van der Waals surface area contributed by atoms with E-state index in [2.05, 4.69) is 33.7 Å². The molecule has 1 saturated heterocycles. The van der Waals surface area contributed by atoms with Gasteiger partial charge in [0.25, 0.3) is 5.91 Å². The van der Waals surface area contributed by atoms with Crippen molar-refractivity contribution in [3.63, 3.8) is 0 Å². The first-order chi connectivity index (χ1) is 14.3. The molecule has 29 heavy (non-hydrogen) atoms. The summed E-state index contributed by atoms with van der Waals surface area (Å²) in [5.74, 6) is 0.159. The smallest absolute Gasteiger partial charge is 0.253 e. The van der Waals surface area contributed by atoms with Crippen LogP contribution in [0.2, 0.25) is 0 Å². The summed E-state index contributed by atoms with van der Waals surface area (Å²) in [6.45, 7) is 3.88. The molecule has 0 saturated carbocycles. The molecule has 0 radical (unpaired) electrons. The number of piperidine rings is 1. The second-order valence-corrected chi connectivity index (χ2v) is 8.15. The summed E-state index contributed by atoms with van der Waals surface area (Å²) in [4.78, 5) is 17.6. The fourth-order valence-corrected chi connectivity index (χ4v) is 4.73. The van der Waals surface area contributed by atoms with Crippen molar-refractivity contribution in [2.24, 2.45) is 0 Å². The lowest BCUT2D eigenvalue weighted by molar-refractivity contribution is 0.0599. The zero-order chi connectivity index (χ0) is 19.6. The van der Waals surface area contributed by atoms with Crippen molar-refractivity contribution in [1.29, 1.82) is 0 Å². The highest BCUT2D eigenvalue weighted by atomic mass is 16.2. The van der Waals surface area contributed by atoms with E-state index in [0.717, 1.165) is 56.7 Å². The van der Waals surface area contributed by atoms with Crippen molar-refractivity contribution < 1.29 is 4.79 Å². The second-order valence-electron chi connectivity index (χ2n) is 8.15. The number of nitrogens with zero attached hydrogens (tertiary/aromatic N) is 3. The zero-order valence-corrected chi connectivity index (χ0v) is 16.7. The Morgan fingerprint density at radius 2 is 1.48 bits per heavy atom. The highest BCUT2D eigenvalue weighted by Gasteiger charge is 2.29.